The number of nitrogens with one attached hydrogen (secondary N) is 1. The molecule has 0 aliphatic rings. The minimum absolute atomic E-state index is 0. The van der Waals surface area contributed by atoms with E-state index in [-0.39, 0.29) is 13.0 Å². The van der Waals surface area contributed by atoms with Gasteiger partial charge in [0, 0.05) is 8.35 Å². The molecule has 0 aliphatic carbocycles. The van der Waals surface area contributed by atoms with Gasteiger partial charge in [0.25, 0.3) is 0 Å². The van der Waals surface area contributed by atoms with Crippen LogP contribution in [-0.2, 0) is 4.79 Å². The Balaban J connectivity index is -0.000000386. The summed E-state index contributed by atoms with van der Waals surface area (Å²) in [6, 6.07) is 0. The summed E-state index contributed by atoms with van der Waals surface area (Å²) >= 11 is 0. The van der Waals surface area contributed by atoms with Gasteiger partial charge in [-0.3, -0.25) is 4.79 Å². The summed E-state index contributed by atoms with van der Waals surface area (Å²) in [5, 5.41) is 0.796. The first-order valence-electron chi connectivity index (χ1n) is 9.77. The highest BCUT2D eigenvalue weighted by molar-refractivity contribution is 5.86. The van der Waals surface area contributed by atoms with Gasteiger partial charge in [-0.05, 0) is 6.08 Å². The maximum atomic E-state index is 13.1. The topological polar surface area (TPSA) is 60.6 Å². The lowest BCUT2D eigenvalue weighted by Crippen LogP contribution is -2.71. The van der Waals surface area contributed by atoms with Crippen LogP contribution in [-0.4, -0.2) is 89.5 Å². The summed E-state index contributed by atoms with van der Waals surface area (Å²) < 4.78 is 322. The molecule has 0 unspecified atom stereocenters. The first-order valence-corrected chi connectivity index (χ1v) is 9.77. The summed E-state index contributed by atoms with van der Waals surface area (Å²) in [4.78, 5) is 10.5. The van der Waals surface area contributed by atoms with Crippen LogP contribution in [0.5, 0.6) is 0 Å². The average molecular weight is 757 g/mol. The van der Waals surface area contributed by atoms with Gasteiger partial charge >= 0.3 is 71.6 Å². The Morgan fingerprint density at radius 1 is 0.500 bits per heavy atom. The van der Waals surface area contributed by atoms with Gasteiger partial charge in [0.2, 0.25) is 5.91 Å². The molecule has 0 atom stereocenters. The second-order valence-electron chi connectivity index (χ2n) is 8.11. The van der Waals surface area contributed by atoms with Crippen LogP contribution >= 0.6 is 0 Å². The smallest absolute Gasteiger partial charge is 0.412 e. The van der Waals surface area contributed by atoms with Crippen molar-refractivity contribution in [2.45, 2.75) is 78.5 Å². The standard InChI is InChI=1S/C10H6F13NO.C7H3F13.H2O.H2/c1-2-4(25)24-3-5(11,12)6(13,14)7(15,16)8(17,18)9(19,20)10(21,22)23;1-2(8,9)3(10,11)4(12,13)5(14,15)6(16,17)7(18,19)20;;/h2H,1,3H2,(H,24,25);1H3;1H2;1H. The quantitative estimate of drug-likeness (QED) is 0.168. The van der Waals surface area contributed by atoms with E-state index in [1.807, 2.05) is 0 Å². The van der Waals surface area contributed by atoms with Crippen LogP contribution in [0.15, 0.2) is 12.7 Å². The Labute approximate surface area is 236 Å². The van der Waals surface area contributed by atoms with E-state index in [2.05, 4.69) is 6.58 Å². The summed E-state index contributed by atoms with van der Waals surface area (Å²) in [6.07, 6.45) is -14.7. The summed E-state index contributed by atoms with van der Waals surface area (Å²) in [7, 11) is 0. The molecular formula is C17H13F26NO2. The van der Waals surface area contributed by atoms with Crippen molar-refractivity contribution in [3.8, 4) is 0 Å². The fraction of sp³-hybridized carbons (Fsp3) is 0.824. The minimum Gasteiger partial charge on any atom is -0.412 e. The molecule has 280 valence electrons. The minimum atomic E-state index is -7.95. The molecule has 3 N–H and O–H groups in total. The first kappa shape index (κ1) is 47.8. The van der Waals surface area contributed by atoms with Gasteiger partial charge < -0.3 is 10.8 Å². The van der Waals surface area contributed by atoms with E-state index in [1.165, 1.54) is 0 Å². The average Bonchev–Trinajstić information content (AvgIpc) is 2.79. The van der Waals surface area contributed by atoms with E-state index < -0.39 is 91.0 Å². The molecule has 0 radical (unpaired) electrons. The molecule has 0 fully saturated rings. The van der Waals surface area contributed by atoms with E-state index in [0.29, 0.717) is 0 Å². The van der Waals surface area contributed by atoms with Crippen molar-refractivity contribution < 1.29 is 126 Å². The lowest BCUT2D eigenvalue weighted by atomic mass is 9.94. The number of amides is 1. The zero-order chi connectivity index (χ0) is 37.7. The zero-order valence-electron chi connectivity index (χ0n) is 20.7. The Bertz CT molecular complexity index is 1020. The molecule has 29 heteroatoms. The molecule has 0 heterocycles. The predicted molar refractivity (Wildman–Crippen MR) is 96.2 cm³/mol. The van der Waals surface area contributed by atoms with Gasteiger partial charge in [0.15, 0.2) is 0 Å². The summed E-state index contributed by atoms with van der Waals surface area (Å²) in [5.41, 5.74) is 0. The molecule has 3 nitrogen and oxygen atoms in total. The van der Waals surface area contributed by atoms with Crippen molar-refractivity contribution in [3.05, 3.63) is 12.7 Å². The van der Waals surface area contributed by atoms with Crippen LogP contribution in [0.25, 0.3) is 0 Å². The van der Waals surface area contributed by atoms with E-state index in [1.54, 1.807) is 0 Å². The van der Waals surface area contributed by atoms with Crippen molar-refractivity contribution in [2.24, 2.45) is 0 Å². The Kier molecular flexibility index (Phi) is 13.2. The van der Waals surface area contributed by atoms with Crippen molar-refractivity contribution in [2.75, 3.05) is 6.54 Å². The van der Waals surface area contributed by atoms with Gasteiger partial charge in [-0.25, -0.2) is 0 Å². The SMILES string of the molecule is C=CC(=O)NCC(F)(F)C(F)(F)C(F)(F)C(F)(F)C(F)(F)C(F)(F)F.CC(F)(F)C(F)(F)C(F)(F)C(F)(F)C(F)(F)C(F)(F)F.O.[HH]. The van der Waals surface area contributed by atoms with E-state index in [0.717, 1.165) is 5.32 Å². The van der Waals surface area contributed by atoms with Gasteiger partial charge in [-0.15, -0.1) is 0 Å². The second-order valence-corrected chi connectivity index (χ2v) is 8.11. The number of alkyl halides is 26. The van der Waals surface area contributed by atoms with Crippen molar-refractivity contribution in [1.82, 2.24) is 5.32 Å². The van der Waals surface area contributed by atoms with Crippen molar-refractivity contribution in [3.63, 3.8) is 0 Å². The number of carbonyl (C=O) groups excluding carboxylic acids is 1. The van der Waals surface area contributed by atoms with E-state index >= 15 is 0 Å². The maximum absolute atomic E-state index is 13.1. The normalized spacial score (nSPS) is 15.4. The van der Waals surface area contributed by atoms with Crippen molar-refractivity contribution in [1.29, 1.82) is 0 Å². The zero-order valence-corrected chi connectivity index (χ0v) is 20.7. The lowest BCUT2D eigenvalue weighted by Gasteiger charge is -2.39. The highest BCUT2D eigenvalue weighted by atomic mass is 19.4. The van der Waals surface area contributed by atoms with Gasteiger partial charge in [0.05, 0.1) is 6.54 Å². The Hall–Kier alpha value is -2.65. The second kappa shape index (κ2) is 12.8. The highest BCUT2D eigenvalue weighted by Gasteiger charge is 2.91. The van der Waals surface area contributed by atoms with Gasteiger partial charge in [-0.1, -0.05) is 6.58 Å². The molecule has 0 aromatic heterocycles. The number of hydrogen-bond donors (Lipinski definition) is 1. The third kappa shape index (κ3) is 7.40. The van der Waals surface area contributed by atoms with Crippen LogP contribution in [0.1, 0.15) is 8.35 Å². The summed E-state index contributed by atoms with van der Waals surface area (Å²) in [5.74, 6) is -75.3. The molecule has 0 aromatic rings. The number of hydrogen-bond acceptors (Lipinski definition) is 1. The molecule has 1 amide bonds. The molecule has 0 aliphatic heterocycles. The Morgan fingerprint density at radius 2 is 0.739 bits per heavy atom. The third-order valence-electron chi connectivity index (χ3n) is 4.76. The molecule has 0 spiro atoms. The fourth-order valence-corrected chi connectivity index (χ4v) is 2.03. The molecule has 0 saturated heterocycles. The Morgan fingerprint density at radius 3 is 0.957 bits per heavy atom. The largest absolute Gasteiger partial charge is 0.460 e. The van der Waals surface area contributed by atoms with Gasteiger partial charge in [-0.2, -0.15) is 114 Å². The summed E-state index contributed by atoms with van der Waals surface area (Å²) in [6.45, 7) is -1.19. The third-order valence-corrected chi connectivity index (χ3v) is 4.76. The van der Waals surface area contributed by atoms with Crippen molar-refractivity contribution >= 4 is 5.91 Å². The fourth-order valence-electron chi connectivity index (χ4n) is 2.03. The molecule has 0 aromatic carbocycles. The monoisotopic (exact) mass is 757 g/mol. The molecule has 46 heavy (non-hydrogen) atoms. The molecular weight excluding hydrogens is 744 g/mol. The van der Waals surface area contributed by atoms with Crippen LogP contribution in [0.3, 0.4) is 0 Å². The number of rotatable bonds is 11. The van der Waals surface area contributed by atoms with Crippen LogP contribution in [0.2, 0.25) is 0 Å². The molecule has 0 saturated carbocycles. The van der Waals surface area contributed by atoms with Crippen LogP contribution in [0, 0.1) is 0 Å². The highest BCUT2D eigenvalue weighted by Crippen LogP contribution is 2.61. The molecule has 0 rings (SSSR count). The number of carbonyl (C=O) groups is 1. The van der Waals surface area contributed by atoms with Crippen LogP contribution < -0.4 is 5.32 Å². The number of halogens is 26. The van der Waals surface area contributed by atoms with E-state index in [4.69, 9.17) is 0 Å². The van der Waals surface area contributed by atoms with Crippen LogP contribution in [0.4, 0.5) is 114 Å². The molecule has 0 bridgehead atoms. The maximum Gasteiger partial charge on any atom is 0.460 e. The van der Waals surface area contributed by atoms with Gasteiger partial charge in [0.1, 0.15) is 0 Å². The van der Waals surface area contributed by atoms with E-state index in [9.17, 15) is 119 Å². The lowest BCUT2D eigenvalue weighted by molar-refractivity contribution is -0.439. The first-order chi connectivity index (χ1) is 19.0. The predicted octanol–water partition coefficient (Wildman–Crippen LogP) is 8.19.